The Balaban J connectivity index is 1.44. The topological polar surface area (TPSA) is 32.8 Å². The second-order valence-electron chi connectivity index (χ2n) is 6.33. The number of carbonyl (C=O) groups is 1. The fourth-order valence-electron chi connectivity index (χ4n) is 3.09. The fourth-order valence-corrected chi connectivity index (χ4v) is 4.89. The number of hydrogen-bond acceptors (Lipinski definition) is 4. The Kier molecular flexibility index (Phi) is 6.98. The van der Waals surface area contributed by atoms with Crippen LogP contribution in [0.4, 0.5) is 0 Å². The Hall–Kier alpha value is -1.08. The van der Waals surface area contributed by atoms with E-state index in [1.165, 1.54) is 8.66 Å². The number of rotatable bonds is 6. The van der Waals surface area contributed by atoms with Crippen LogP contribution in [0.1, 0.15) is 16.9 Å². The quantitative estimate of drug-likeness (QED) is 0.642. The number of halogens is 2. The van der Waals surface area contributed by atoms with Crippen molar-refractivity contribution < 1.29 is 9.53 Å². The molecule has 0 radical (unpaired) electrons. The number of thiophene rings is 1. The van der Waals surface area contributed by atoms with Gasteiger partial charge in [-0.3, -0.25) is 9.69 Å². The molecule has 1 fully saturated rings. The minimum Gasteiger partial charge on any atom is -0.495 e. The SMILES string of the molecule is COc1ccc(CCC(=O)N2CCN(Cc3ccc(Br)s3)CC2)cc1Cl. The van der Waals surface area contributed by atoms with Crippen molar-refractivity contribution in [3.05, 3.63) is 49.6 Å². The summed E-state index contributed by atoms with van der Waals surface area (Å²) in [7, 11) is 1.60. The van der Waals surface area contributed by atoms with Gasteiger partial charge in [0.1, 0.15) is 5.75 Å². The van der Waals surface area contributed by atoms with Crippen LogP contribution in [0.5, 0.6) is 5.75 Å². The van der Waals surface area contributed by atoms with Crippen LogP contribution in [0.2, 0.25) is 5.02 Å². The molecule has 1 amide bonds. The normalized spacial score (nSPS) is 15.3. The van der Waals surface area contributed by atoms with Crippen LogP contribution in [0.3, 0.4) is 0 Å². The van der Waals surface area contributed by atoms with Crippen molar-refractivity contribution >= 4 is 44.8 Å². The van der Waals surface area contributed by atoms with E-state index in [9.17, 15) is 4.79 Å². The van der Waals surface area contributed by atoms with E-state index in [1.54, 1.807) is 18.4 Å². The van der Waals surface area contributed by atoms with Crippen LogP contribution in [-0.4, -0.2) is 49.0 Å². The Bertz CT molecular complexity index is 760. The maximum absolute atomic E-state index is 12.5. The van der Waals surface area contributed by atoms with E-state index in [0.717, 1.165) is 38.3 Å². The zero-order chi connectivity index (χ0) is 18.5. The van der Waals surface area contributed by atoms with E-state index in [4.69, 9.17) is 16.3 Å². The second kappa shape index (κ2) is 9.22. The number of nitrogens with zero attached hydrogens (tertiary/aromatic N) is 2. The first-order valence-electron chi connectivity index (χ1n) is 8.62. The van der Waals surface area contributed by atoms with Crippen molar-refractivity contribution in [2.24, 2.45) is 0 Å². The lowest BCUT2D eigenvalue weighted by Gasteiger charge is -2.34. The first-order chi connectivity index (χ1) is 12.5. The zero-order valence-corrected chi connectivity index (χ0v) is 17.9. The van der Waals surface area contributed by atoms with Crippen LogP contribution in [0.15, 0.2) is 34.1 Å². The smallest absolute Gasteiger partial charge is 0.222 e. The summed E-state index contributed by atoms with van der Waals surface area (Å²) >= 11 is 11.4. The number of hydrogen-bond donors (Lipinski definition) is 0. The maximum Gasteiger partial charge on any atom is 0.222 e. The van der Waals surface area contributed by atoms with Crippen molar-refractivity contribution in [1.29, 1.82) is 0 Å². The lowest BCUT2D eigenvalue weighted by Crippen LogP contribution is -2.48. The second-order valence-corrected chi connectivity index (χ2v) is 9.29. The summed E-state index contributed by atoms with van der Waals surface area (Å²) in [5.41, 5.74) is 1.06. The predicted molar refractivity (Wildman–Crippen MR) is 110 cm³/mol. The van der Waals surface area contributed by atoms with Crippen molar-refractivity contribution in [2.45, 2.75) is 19.4 Å². The molecule has 3 rings (SSSR count). The van der Waals surface area contributed by atoms with Gasteiger partial charge in [-0.15, -0.1) is 11.3 Å². The summed E-state index contributed by atoms with van der Waals surface area (Å²) in [6.07, 6.45) is 1.21. The highest BCUT2D eigenvalue weighted by Gasteiger charge is 2.21. The van der Waals surface area contributed by atoms with Gasteiger partial charge >= 0.3 is 0 Å². The monoisotopic (exact) mass is 456 g/mol. The van der Waals surface area contributed by atoms with E-state index in [-0.39, 0.29) is 5.91 Å². The van der Waals surface area contributed by atoms with Gasteiger partial charge in [0.2, 0.25) is 5.91 Å². The van der Waals surface area contributed by atoms with Gasteiger partial charge in [0.25, 0.3) is 0 Å². The van der Waals surface area contributed by atoms with Gasteiger partial charge in [0.15, 0.2) is 0 Å². The Morgan fingerprint density at radius 3 is 2.62 bits per heavy atom. The van der Waals surface area contributed by atoms with Gasteiger partial charge in [-0.1, -0.05) is 17.7 Å². The number of carbonyl (C=O) groups excluding carboxylic acids is 1. The molecule has 0 saturated carbocycles. The van der Waals surface area contributed by atoms with Gasteiger partial charge in [0, 0.05) is 44.0 Å². The van der Waals surface area contributed by atoms with Crippen LogP contribution in [-0.2, 0) is 17.8 Å². The standard InChI is InChI=1S/C19H22BrClN2O2S/c1-25-17-5-2-14(12-16(17)21)3-7-19(24)23-10-8-22(9-11-23)13-15-4-6-18(20)26-15/h2,4-6,12H,3,7-11,13H2,1H3. The van der Waals surface area contributed by atoms with Crippen molar-refractivity contribution in [1.82, 2.24) is 9.80 Å². The molecule has 1 saturated heterocycles. The van der Waals surface area contributed by atoms with Gasteiger partial charge in [0.05, 0.1) is 15.9 Å². The van der Waals surface area contributed by atoms with Crippen LogP contribution >= 0.6 is 38.9 Å². The molecule has 2 aromatic rings. The summed E-state index contributed by atoms with van der Waals surface area (Å²) < 4.78 is 6.33. The molecular formula is C19H22BrClN2O2S. The Morgan fingerprint density at radius 2 is 2.00 bits per heavy atom. The highest BCUT2D eigenvalue weighted by molar-refractivity contribution is 9.11. The molecule has 0 aliphatic carbocycles. The molecule has 1 aromatic carbocycles. The highest BCUT2D eigenvalue weighted by atomic mass is 79.9. The minimum atomic E-state index is 0.218. The molecule has 140 valence electrons. The van der Waals surface area contributed by atoms with Gasteiger partial charge in [-0.2, -0.15) is 0 Å². The molecule has 4 nitrogen and oxygen atoms in total. The summed E-state index contributed by atoms with van der Waals surface area (Å²) in [5.74, 6) is 0.881. The number of benzene rings is 1. The van der Waals surface area contributed by atoms with Crippen LogP contribution < -0.4 is 4.74 Å². The molecule has 0 unspecified atom stereocenters. The molecule has 0 spiro atoms. The maximum atomic E-state index is 12.5. The zero-order valence-electron chi connectivity index (χ0n) is 14.7. The largest absolute Gasteiger partial charge is 0.495 e. The van der Waals surface area contributed by atoms with Crippen LogP contribution in [0.25, 0.3) is 0 Å². The molecule has 1 aliphatic heterocycles. The average Bonchev–Trinajstić information content (AvgIpc) is 3.05. The van der Waals surface area contributed by atoms with Crippen molar-refractivity contribution in [3.63, 3.8) is 0 Å². The Morgan fingerprint density at radius 1 is 1.23 bits per heavy atom. The molecule has 0 atom stereocenters. The lowest BCUT2D eigenvalue weighted by molar-refractivity contribution is -0.132. The molecule has 0 bridgehead atoms. The molecule has 1 aliphatic rings. The molecule has 0 N–H and O–H groups in total. The van der Waals surface area contributed by atoms with E-state index < -0.39 is 0 Å². The van der Waals surface area contributed by atoms with Crippen LogP contribution in [0, 0.1) is 0 Å². The van der Waals surface area contributed by atoms with E-state index in [1.807, 2.05) is 23.1 Å². The van der Waals surface area contributed by atoms with E-state index >= 15 is 0 Å². The molecular weight excluding hydrogens is 436 g/mol. The number of aryl methyl sites for hydroxylation is 1. The first-order valence-corrected chi connectivity index (χ1v) is 10.6. The number of amides is 1. The first kappa shape index (κ1) is 19.7. The van der Waals surface area contributed by atoms with Gasteiger partial charge in [-0.25, -0.2) is 0 Å². The van der Waals surface area contributed by atoms with Crippen molar-refractivity contribution in [3.8, 4) is 5.75 Å². The molecule has 2 heterocycles. The molecule has 7 heteroatoms. The predicted octanol–water partition coefficient (Wildman–Crippen LogP) is 4.45. The number of ether oxygens (including phenoxy) is 1. The van der Waals surface area contributed by atoms with E-state index in [2.05, 4.69) is 33.0 Å². The van der Waals surface area contributed by atoms with Gasteiger partial charge < -0.3 is 9.64 Å². The fraction of sp³-hybridized carbons (Fsp3) is 0.421. The highest BCUT2D eigenvalue weighted by Crippen LogP contribution is 2.26. The third kappa shape index (κ3) is 5.22. The minimum absolute atomic E-state index is 0.218. The number of piperazine rings is 1. The lowest BCUT2D eigenvalue weighted by atomic mass is 10.1. The molecule has 26 heavy (non-hydrogen) atoms. The Labute approximate surface area is 171 Å². The molecule has 1 aromatic heterocycles. The number of methoxy groups -OCH3 is 1. The van der Waals surface area contributed by atoms with E-state index in [0.29, 0.717) is 23.6 Å². The third-order valence-electron chi connectivity index (χ3n) is 4.58. The third-order valence-corrected chi connectivity index (χ3v) is 6.48. The summed E-state index contributed by atoms with van der Waals surface area (Å²) in [6, 6.07) is 9.95. The summed E-state index contributed by atoms with van der Waals surface area (Å²) in [5, 5.41) is 0.589. The summed E-state index contributed by atoms with van der Waals surface area (Å²) in [6.45, 7) is 4.41. The van der Waals surface area contributed by atoms with Gasteiger partial charge in [-0.05, 0) is 52.2 Å². The van der Waals surface area contributed by atoms with Crippen molar-refractivity contribution in [2.75, 3.05) is 33.3 Å². The summed E-state index contributed by atoms with van der Waals surface area (Å²) in [4.78, 5) is 18.2. The average molecular weight is 458 g/mol.